The van der Waals surface area contributed by atoms with Crippen molar-refractivity contribution in [2.75, 3.05) is 7.11 Å². The van der Waals surface area contributed by atoms with E-state index in [0.29, 0.717) is 12.8 Å². The van der Waals surface area contributed by atoms with Crippen molar-refractivity contribution in [3.05, 3.63) is 0 Å². The normalized spacial score (nSPS) is 45.1. The second-order valence-corrected chi connectivity index (χ2v) is 4.03. The van der Waals surface area contributed by atoms with Crippen LogP contribution < -0.4 is 0 Å². The van der Waals surface area contributed by atoms with Crippen molar-refractivity contribution in [3.8, 4) is 0 Å². The first kappa shape index (κ1) is 10.8. The number of aliphatic hydroxyl groups is 1. The molecule has 0 amide bonds. The molecule has 1 saturated carbocycles. The number of hydrogen-bond donors (Lipinski definition) is 2. The SMILES string of the molecule is COC1OOC(O)C2CC(C(=O)O)C1C2. The quantitative estimate of drug-likeness (QED) is 0.633. The number of rotatable bonds is 2. The zero-order chi connectivity index (χ0) is 11.0. The molecule has 0 aromatic carbocycles. The minimum absolute atomic E-state index is 0.184. The molecule has 1 heterocycles. The highest BCUT2D eigenvalue weighted by Gasteiger charge is 2.49. The predicted octanol–water partition coefficient (Wildman–Crippen LogP) is -0.0339. The van der Waals surface area contributed by atoms with E-state index < -0.39 is 24.5 Å². The van der Waals surface area contributed by atoms with Crippen LogP contribution in [0.25, 0.3) is 0 Å². The lowest BCUT2D eigenvalue weighted by Crippen LogP contribution is -2.33. The number of fused-ring (bicyclic) bond motifs is 2. The standard InChI is InChI=1S/C9H14O6/c1-13-9-6-3-4(8(12)14-15-9)2-5(6)7(10)11/h4-6,8-9,12H,2-3H2,1H3,(H,10,11). The van der Waals surface area contributed by atoms with Gasteiger partial charge in [0.25, 0.3) is 0 Å². The van der Waals surface area contributed by atoms with E-state index >= 15 is 0 Å². The summed E-state index contributed by atoms with van der Waals surface area (Å²) in [7, 11) is 1.43. The Hall–Kier alpha value is -0.690. The van der Waals surface area contributed by atoms with Crippen molar-refractivity contribution in [2.24, 2.45) is 17.8 Å². The molecule has 5 unspecified atom stereocenters. The van der Waals surface area contributed by atoms with Gasteiger partial charge in [0.05, 0.1) is 5.92 Å². The average molecular weight is 218 g/mol. The van der Waals surface area contributed by atoms with Crippen LogP contribution in [0.15, 0.2) is 0 Å². The Morgan fingerprint density at radius 3 is 2.73 bits per heavy atom. The summed E-state index contributed by atoms with van der Waals surface area (Å²) in [5.74, 6) is -1.84. The summed E-state index contributed by atoms with van der Waals surface area (Å²) in [6.45, 7) is 0. The molecule has 2 bridgehead atoms. The summed E-state index contributed by atoms with van der Waals surface area (Å²) in [4.78, 5) is 20.5. The third-order valence-electron chi connectivity index (χ3n) is 3.20. The van der Waals surface area contributed by atoms with Crippen LogP contribution in [0.2, 0.25) is 0 Å². The molecule has 0 aromatic heterocycles. The van der Waals surface area contributed by atoms with Gasteiger partial charge in [-0.15, -0.1) is 0 Å². The zero-order valence-corrected chi connectivity index (χ0v) is 8.33. The minimum Gasteiger partial charge on any atom is -0.481 e. The molecule has 1 aliphatic carbocycles. The highest BCUT2D eigenvalue weighted by molar-refractivity contribution is 5.70. The molecule has 0 radical (unpaired) electrons. The largest absolute Gasteiger partial charge is 0.481 e. The van der Waals surface area contributed by atoms with Gasteiger partial charge in [0, 0.05) is 18.9 Å². The van der Waals surface area contributed by atoms with Crippen molar-refractivity contribution >= 4 is 5.97 Å². The van der Waals surface area contributed by atoms with Crippen molar-refractivity contribution in [1.82, 2.24) is 0 Å². The predicted molar refractivity (Wildman–Crippen MR) is 46.3 cm³/mol. The molecule has 6 nitrogen and oxygen atoms in total. The topological polar surface area (TPSA) is 85.2 Å². The number of carboxylic acids is 1. The van der Waals surface area contributed by atoms with E-state index in [1.165, 1.54) is 7.11 Å². The van der Waals surface area contributed by atoms with Gasteiger partial charge in [-0.1, -0.05) is 0 Å². The Labute approximate surface area is 86.7 Å². The van der Waals surface area contributed by atoms with Crippen LogP contribution in [0.5, 0.6) is 0 Å². The van der Waals surface area contributed by atoms with E-state index in [1.807, 2.05) is 0 Å². The lowest BCUT2D eigenvalue weighted by molar-refractivity contribution is -0.435. The lowest BCUT2D eigenvalue weighted by atomic mass is 9.96. The molecule has 86 valence electrons. The van der Waals surface area contributed by atoms with E-state index in [-0.39, 0.29) is 11.8 Å². The van der Waals surface area contributed by atoms with Gasteiger partial charge in [0.2, 0.25) is 0 Å². The van der Waals surface area contributed by atoms with E-state index in [9.17, 15) is 9.90 Å². The summed E-state index contributed by atoms with van der Waals surface area (Å²) in [6.07, 6.45) is -0.814. The Morgan fingerprint density at radius 2 is 2.13 bits per heavy atom. The molecule has 0 spiro atoms. The van der Waals surface area contributed by atoms with Gasteiger partial charge in [-0.25, -0.2) is 9.78 Å². The number of methoxy groups -OCH3 is 1. The van der Waals surface area contributed by atoms with E-state index in [4.69, 9.17) is 19.6 Å². The van der Waals surface area contributed by atoms with Crippen LogP contribution in [-0.4, -0.2) is 35.9 Å². The van der Waals surface area contributed by atoms with Crippen molar-refractivity contribution in [1.29, 1.82) is 0 Å². The third-order valence-corrected chi connectivity index (χ3v) is 3.20. The molecule has 2 rings (SSSR count). The number of carbonyl (C=O) groups is 1. The Kier molecular flexibility index (Phi) is 2.92. The van der Waals surface area contributed by atoms with Gasteiger partial charge in [-0.3, -0.25) is 4.79 Å². The third kappa shape index (κ3) is 1.85. The van der Waals surface area contributed by atoms with Gasteiger partial charge >= 0.3 is 5.97 Å². The molecule has 0 aromatic rings. The fraction of sp³-hybridized carbons (Fsp3) is 0.889. The van der Waals surface area contributed by atoms with E-state index in [0.717, 1.165) is 0 Å². The summed E-state index contributed by atoms with van der Waals surface area (Å²) >= 11 is 0. The molecule has 6 heteroatoms. The second kappa shape index (κ2) is 4.05. The number of carboxylic acid groups (broad SMARTS) is 1. The van der Waals surface area contributed by atoms with Gasteiger partial charge in [0.1, 0.15) is 0 Å². The molecule has 5 atom stereocenters. The summed E-state index contributed by atoms with van der Waals surface area (Å²) in [5, 5.41) is 18.5. The molecule has 1 saturated heterocycles. The van der Waals surface area contributed by atoms with Crippen LogP contribution >= 0.6 is 0 Å². The number of aliphatic carboxylic acids is 1. The van der Waals surface area contributed by atoms with Gasteiger partial charge < -0.3 is 14.9 Å². The lowest BCUT2D eigenvalue weighted by Gasteiger charge is -2.24. The van der Waals surface area contributed by atoms with Crippen LogP contribution in [0.4, 0.5) is 0 Å². The summed E-state index contributed by atoms with van der Waals surface area (Å²) < 4.78 is 5.01. The number of hydrogen-bond acceptors (Lipinski definition) is 5. The second-order valence-electron chi connectivity index (χ2n) is 4.03. The summed E-state index contributed by atoms with van der Waals surface area (Å²) in [5.41, 5.74) is 0. The number of aliphatic hydroxyl groups excluding tert-OH is 1. The molecular formula is C9H14O6. The van der Waals surface area contributed by atoms with Gasteiger partial charge in [0.15, 0.2) is 12.6 Å². The van der Waals surface area contributed by atoms with Crippen LogP contribution in [0.1, 0.15) is 12.8 Å². The Balaban J connectivity index is 2.18. The fourth-order valence-electron chi connectivity index (χ4n) is 2.40. The van der Waals surface area contributed by atoms with Crippen LogP contribution in [0.3, 0.4) is 0 Å². The van der Waals surface area contributed by atoms with E-state index in [2.05, 4.69) is 0 Å². The summed E-state index contributed by atoms with van der Waals surface area (Å²) in [6, 6.07) is 0. The fourth-order valence-corrected chi connectivity index (χ4v) is 2.40. The molecular weight excluding hydrogens is 204 g/mol. The highest BCUT2D eigenvalue weighted by atomic mass is 17.2. The molecule has 2 aliphatic rings. The van der Waals surface area contributed by atoms with Crippen molar-refractivity contribution in [2.45, 2.75) is 25.4 Å². The minimum atomic E-state index is -1.06. The zero-order valence-electron chi connectivity index (χ0n) is 8.33. The highest BCUT2D eigenvalue weighted by Crippen LogP contribution is 2.43. The van der Waals surface area contributed by atoms with Crippen molar-refractivity contribution in [3.63, 3.8) is 0 Å². The van der Waals surface area contributed by atoms with Crippen LogP contribution in [-0.2, 0) is 19.3 Å². The Morgan fingerprint density at radius 1 is 1.40 bits per heavy atom. The first-order chi connectivity index (χ1) is 7.13. The van der Waals surface area contributed by atoms with Gasteiger partial charge in [-0.2, -0.15) is 0 Å². The Bertz CT molecular complexity index is 255. The molecule has 15 heavy (non-hydrogen) atoms. The molecule has 2 N–H and O–H groups in total. The average Bonchev–Trinajstić information content (AvgIpc) is 2.56. The van der Waals surface area contributed by atoms with Crippen LogP contribution in [0, 0.1) is 17.8 Å². The molecule has 1 aliphatic heterocycles. The van der Waals surface area contributed by atoms with Gasteiger partial charge in [-0.05, 0) is 12.8 Å². The first-order valence-electron chi connectivity index (χ1n) is 4.89. The monoisotopic (exact) mass is 218 g/mol. The smallest absolute Gasteiger partial charge is 0.306 e. The maximum absolute atomic E-state index is 11.0. The molecule has 2 fully saturated rings. The number of ether oxygens (including phenoxy) is 1. The first-order valence-corrected chi connectivity index (χ1v) is 4.89. The maximum Gasteiger partial charge on any atom is 0.306 e. The van der Waals surface area contributed by atoms with Crippen molar-refractivity contribution < 1.29 is 29.5 Å². The van der Waals surface area contributed by atoms with E-state index in [1.54, 1.807) is 0 Å². The maximum atomic E-state index is 11.0.